The van der Waals surface area contributed by atoms with Gasteiger partial charge in [0.2, 0.25) is 0 Å². The Balaban J connectivity index is 0.000000210. The fourth-order valence-electron chi connectivity index (χ4n) is 4.21. The monoisotopic (exact) mass is 386 g/mol. The lowest BCUT2D eigenvalue weighted by atomic mass is 9.76. The van der Waals surface area contributed by atoms with Crippen LogP contribution in [0.15, 0.2) is 36.5 Å². The number of rotatable bonds is 0. The molecule has 3 rings (SSSR count). The van der Waals surface area contributed by atoms with E-state index in [1.807, 2.05) is 0 Å². The summed E-state index contributed by atoms with van der Waals surface area (Å²) < 4.78 is 0. The van der Waals surface area contributed by atoms with E-state index in [2.05, 4.69) is 98.8 Å². The van der Waals surface area contributed by atoms with Crippen LogP contribution >= 0.6 is 0 Å². The maximum absolute atomic E-state index is 2.39. The number of allylic oxidation sites excluding steroid dienone is 6. The van der Waals surface area contributed by atoms with Crippen LogP contribution in [0.4, 0.5) is 0 Å². The second-order valence-corrected chi connectivity index (χ2v) is 12.3. The Morgan fingerprint density at radius 3 is 1.21 bits per heavy atom. The summed E-state index contributed by atoms with van der Waals surface area (Å²) in [6.45, 7) is 20.9. The second kappa shape index (κ2) is 10.8. The normalized spacial score (nSPS) is 25.2. The molecular weight excluding hydrogens is 336 g/mol. The van der Waals surface area contributed by atoms with Crippen LogP contribution in [0.1, 0.15) is 107 Å². The quantitative estimate of drug-likeness (QED) is 0.364. The third-order valence-corrected chi connectivity index (χ3v) is 6.72. The predicted molar refractivity (Wildman–Crippen MR) is 129 cm³/mol. The molecule has 0 aromatic rings. The van der Waals surface area contributed by atoms with Gasteiger partial charge in [-0.05, 0) is 78.9 Å². The van der Waals surface area contributed by atoms with E-state index in [1.165, 1.54) is 44.9 Å². The molecule has 0 aromatic carbocycles. The first-order valence-electron chi connectivity index (χ1n) is 11.8. The van der Waals surface area contributed by atoms with Gasteiger partial charge in [-0.15, -0.1) is 0 Å². The summed E-state index contributed by atoms with van der Waals surface area (Å²) in [6, 6.07) is 0. The maximum atomic E-state index is 2.39. The molecule has 0 radical (unpaired) electrons. The third kappa shape index (κ3) is 9.62. The summed E-state index contributed by atoms with van der Waals surface area (Å²) in [4.78, 5) is 0. The predicted octanol–water partition coefficient (Wildman–Crippen LogP) is 9.39. The summed E-state index contributed by atoms with van der Waals surface area (Å²) in [7, 11) is 0. The lowest BCUT2D eigenvalue weighted by Crippen LogP contribution is -2.19. The molecule has 0 saturated heterocycles. The average Bonchev–Trinajstić information content (AvgIpc) is 3.29. The van der Waals surface area contributed by atoms with Crippen LogP contribution in [0.25, 0.3) is 0 Å². The van der Waals surface area contributed by atoms with Gasteiger partial charge in [-0.2, -0.15) is 0 Å². The summed E-state index contributed by atoms with van der Waals surface area (Å²) in [5, 5.41) is 0. The molecule has 0 N–H and O–H groups in total. The molecular formula is C28H50. The molecule has 3 aliphatic rings. The van der Waals surface area contributed by atoms with Gasteiger partial charge in [-0.1, -0.05) is 98.8 Å². The van der Waals surface area contributed by atoms with Crippen molar-refractivity contribution >= 4 is 0 Å². The minimum Gasteiger partial charge on any atom is -0.0882 e. The highest BCUT2D eigenvalue weighted by atomic mass is 14.3. The molecule has 2 unspecified atom stereocenters. The molecule has 28 heavy (non-hydrogen) atoms. The highest BCUT2D eigenvalue weighted by Gasteiger charge is 2.25. The largest absolute Gasteiger partial charge is 0.0882 e. The number of hydrogen-bond acceptors (Lipinski definition) is 0. The number of hydrogen-bond donors (Lipinski definition) is 0. The molecule has 0 nitrogen and oxygen atoms in total. The Bertz CT molecular complexity index is 502. The van der Waals surface area contributed by atoms with Gasteiger partial charge in [0.1, 0.15) is 0 Å². The van der Waals surface area contributed by atoms with Crippen molar-refractivity contribution in [1.82, 2.24) is 0 Å². The SMILES string of the molecule is CC(C)(C)C1C=CCC1.CC(C)(C)C1C=CCCC1.CC(C)(C)C1CC=CC1. The summed E-state index contributed by atoms with van der Waals surface area (Å²) in [6.07, 6.45) is 23.3. The van der Waals surface area contributed by atoms with Crippen molar-refractivity contribution in [2.75, 3.05) is 0 Å². The van der Waals surface area contributed by atoms with Gasteiger partial charge < -0.3 is 0 Å². The molecule has 0 aliphatic heterocycles. The van der Waals surface area contributed by atoms with E-state index in [1.54, 1.807) is 0 Å². The molecule has 0 heterocycles. The first-order chi connectivity index (χ1) is 12.8. The molecule has 0 amide bonds. The highest BCUT2D eigenvalue weighted by Crippen LogP contribution is 2.36. The smallest absolute Gasteiger partial charge is 0.0182 e. The molecule has 2 atom stereocenters. The van der Waals surface area contributed by atoms with Crippen molar-refractivity contribution in [2.45, 2.75) is 107 Å². The van der Waals surface area contributed by atoms with Crippen molar-refractivity contribution in [3.63, 3.8) is 0 Å². The van der Waals surface area contributed by atoms with Crippen LogP contribution < -0.4 is 0 Å². The molecule has 0 bridgehead atoms. The summed E-state index contributed by atoms with van der Waals surface area (Å²) in [5.41, 5.74) is 1.49. The van der Waals surface area contributed by atoms with Crippen LogP contribution in [0.3, 0.4) is 0 Å². The van der Waals surface area contributed by atoms with Crippen molar-refractivity contribution in [3.05, 3.63) is 36.5 Å². The summed E-state index contributed by atoms with van der Waals surface area (Å²) in [5.74, 6) is 2.55. The van der Waals surface area contributed by atoms with Gasteiger partial charge in [0.25, 0.3) is 0 Å². The standard InChI is InChI=1S/C10H18.2C9H16/c1-10(2,3)9-7-5-4-6-8-9;2*1-9(2,3)8-6-4-5-7-8/h5,7,9H,4,6,8H2,1-3H3;4,6,8H,5,7H2,1-3H3;4-5,8H,6-7H2,1-3H3. The zero-order chi connectivity index (χ0) is 21.4. The highest BCUT2D eigenvalue weighted by molar-refractivity contribution is 5.00. The van der Waals surface area contributed by atoms with E-state index in [0.717, 1.165) is 17.8 Å². The minimum absolute atomic E-state index is 0.483. The fraction of sp³-hybridized carbons (Fsp3) is 0.786. The van der Waals surface area contributed by atoms with Gasteiger partial charge in [0, 0.05) is 0 Å². The first-order valence-corrected chi connectivity index (χ1v) is 11.8. The van der Waals surface area contributed by atoms with Crippen LogP contribution in [0.5, 0.6) is 0 Å². The summed E-state index contributed by atoms with van der Waals surface area (Å²) >= 11 is 0. The van der Waals surface area contributed by atoms with E-state index in [-0.39, 0.29) is 0 Å². The molecule has 0 saturated carbocycles. The van der Waals surface area contributed by atoms with E-state index in [4.69, 9.17) is 0 Å². The van der Waals surface area contributed by atoms with Crippen molar-refractivity contribution in [1.29, 1.82) is 0 Å². The Morgan fingerprint density at radius 1 is 0.536 bits per heavy atom. The van der Waals surface area contributed by atoms with Crippen LogP contribution in [0.2, 0.25) is 0 Å². The Kier molecular flexibility index (Phi) is 9.78. The van der Waals surface area contributed by atoms with Gasteiger partial charge in [-0.3, -0.25) is 0 Å². The van der Waals surface area contributed by atoms with E-state index < -0.39 is 0 Å². The molecule has 162 valence electrons. The molecule has 0 aromatic heterocycles. The minimum atomic E-state index is 0.483. The topological polar surface area (TPSA) is 0 Å². The van der Waals surface area contributed by atoms with Gasteiger partial charge in [-0.25, -0.2) is 0 Å². The first kappa shape index (κ1) is 25.3. The van der Waals surface area contributed by atoms with E-state index >= 15 is 0 Å². The van der Waals surface area contributed by atoms with Crippen LogP contribution in [-0.2, 0) is 0 Å². The van der Waals surface area contributed by atoms with Crippen molar-refractivity contribution < 1.29 is 0 Å². The molecule has 0 heteroatoms. The van der Waals surface area contributed by atoms with E-state index in [9.17, 15) is 0 Å². The second-order valence-electron chi connectivity index (χ2n) is 12.3. The molecule has 3 aliphatic carbocycles. The Morgan fingerprint density at radius 2 is 1.00 bits per heavy atom. The molecule has 0 fully saturated rings. The van der Waals surface area contributed by atoms with E-state index in [0.29, 0.717) is 16.2 Å². The zero-order valence-electron chi connectivity index (χ0n) is 20.6. The van der Waals surface area contributed by atoms with Crippen molar-refractivity contribution in [3.8, 4) is 0 Å². The lowest BCUT2D eigenvalue weighted by molar-refractivity contribution is 0.254. The van der Waals surface area contributed by atoms with Crippen molar-refractivity contribution in [2.24, 2.45) is 34.0 Å². The van der Waals surface area contributed by atoms with Gasteiger partial charge in [0.15, 0.2) is 0 Å². The van der Waals surface area contributed by atoms with Gasteiger partial charge in [0.05, 0.1) is 0 Å². The third-order valence-electron chi connectivity index (χ3n) is 6.72. The van der Waals surface area contributed by atoms with Gasteiger partial charge >= 0.3 is 0 Å². The van der Waals surface area contributed by atoms with Crippen LogP contribution in [-0.4, -0.2) is 0 Å². The average molecular weight is 387 g/mol. The van der Waals surface area contributed by atoms with Crippen LogP contribution in [0, 0.1) is 34.0 Å². The molecule has 0 spiro atoms. The fourth-order valence-corrected chi connectivity index (χ4v) is 4.21. The zero-order valence-corrected chi connectivity index (χ0v) is 20.6. The Hall–Kier alpha value is -0.780. The lowest BCUT2D eigenvalue weighted by Gasteiger charge is -2.30. The maximum Gasteiger partial charge on any atom is -0.0182 e. The Labute approximate surface area is 178 Å².